The van der Waals surface area contributed by atoms with Crippen molar-refractivity contribution in [1.82, 2.24) is 14.8 Å². The van der Waals surface area contributed by atoms with E-state index >= 15 is 0 Å². The minimum Gasteiger partial charge on any atom is -0.317 e. The summed E-state index contributed by atoms with van der Waals surface area (Å²) < 4.78 is 39.3. The summed E-state index contributed by atoms with van der Waals surface area (Å²) in [7, 11) is 0. The third-order valence-electron chi connectivity index (χ3n) is 3.64. The molecule has 0 aliphatic rings. The fraction of sp³-hybridized carbons (Fsp3) is 0.0588. The van der Waals surface area contributed by atoms with Gasteiger partial charge >= 0.3 is 6.18 Å². The molecule has 3 aromatic rings. The number of non-ortho nitro benzene ring substituents is 1. The lowest BCUT2D eigenvalue weighted by atomic mass is 10.2. The maximum atomic E-state index is 12.6. The zero-order valence-corrected chi connectivity index (χ0v) is 15.4. The van der Waals surface area contributed by atoms with E-state index in [2.05, 4.69) is 15.5 Å². The summed E-state index contributed by atoms with van der Waals surface area (Å²) in [4.78, 5) is 22.7. The van der Waals surface area contributed by atoms with Crippen LogP contribution in [0.3, 0.4) is 0 Å². The number of halogens is 3. The summed E-state index contributed by atoms with van der Waals surface area (Å²) in [6.45, 7) is 0. The number of hydrogen-bond acceptors (Lipinski definition) is 7. The molecule has 2 heterocycles. The first-order chi connectivity index (χ1) is 14.2. The van der Waals surface area contributed by atoms with Crippen LogP contribution in [-0.4, -0.2) is 25.6 Å². The summed E-state index contributed by atoms with van der Waals surface area (Å²) in [5, 5.41) is 26.9. The van der Waals surface area contributed by atoms with Gasteiger partial charge in [-0.2, -0.15) is 18.4 Å². The Morgan fingerprint density at radius 2 is 2.07 bits per heavy atom. The smallest absolute Gasteiger partial charge is 0.317 e. The Morgan fingerprint density at radius 1 is 1.30 bits per heavy atom. The number of nitrogens with one attached hydrogen (secondary N) is 1. The number of carbonyl (C=O) groups excluding carboxylic acids is 1. The highest BCUT2D eigenvalue weighted by molar-refractivity contribution is 7.15. The van der Waals surface area contributed by atoms with Gasteiger partial charge in [0, 0.05) is 24.0 Å². The number of nitro benzene ring substituents is 1. The largest absolute Gasteiger partial charge is 0.445 e. The Hall–Kier alpha value is -4.05. The molecule has 0 bridgehead atoms. The van der Waals surface area contributed by atoms with Gasteiger partial charge < -0.3 is 4.57 Å². The molecule has 0 radical (unpaired) electrons. The summed E-state index contributed by atoms with van der Waals surface area (Å²) >= 11 is 0.123. The molecule has 0 atom stereocenters. The molecule has 0 aliphatic carbocycles. The van der Waals surface area contributed by atoms with E-state index in [1.165, 1.54) is 28.8 Å². The molecule has 1 aromatic carbocycles. The minimum atomic E-state index is -4.70. The Balaban J connectivity index is 1.87. The number of benzene rings is 1. The van der Waals surface area contributed by atoms with Gasteiger partial charge in [0.15, 0.2) is 0 Å². The number of nitrogens with zero attached hydrogens (tertiary/aromatic N) is 5. The fourth-order valence-electron chi connectivity index (χ4n) is 2.35. The number of hydrogen-bond donors (Lipinski definition) is 1. The second-order valence-corrected chi connectivity index (χ2v) is 6.59. The van der Waals surface area contributed by atoms with Gasteiger partial charge in [0.25, 0.3) is 11.6 Å². The van der Waals surface area contributed by atoms with E-state index in [9.17, 15) is 33.3 Å². The fourth-order valence-corrected chi connectivity index (χ4v) is 2.96. The first-order valence-corrected chi connectivity index (χ1v) is 8.76. The number of nitriles is 1. The highest BCUT2D eigenvalue weighted by Crippen LogP contribution is 2.33. The van der Waals surface area contributed by atoms with Crippen LogP contribution in [-0.2, 0) is 11.0 Å². The molecular weight excluding hydrogens is 425 g/mol. The van der Waals surface area contributed by atoms with Crippen LogP contribution in [0.1, 0.15) is 10.7 Å². The SMILES string of the molecule is N#C/C(=C/c1cccn1-c1cccc([N+](=O)[O-])c1)C(=O)Nc1nnc(C(F)(F)F)s1. The highest BCUT2D eigenvalue weighted by Gasteiger charge is 2.35. The number of amides is 1. The van der Waals surface area contributed by atoms with Crippen LogP contribution in [0.4, 0.5) is 24.0 Å². The van der Waals surface area contributed by atoms with Gasteiger partial charge in [-0.15, -0.1) is 10.2 Å². The van der Waals surface area contributed by atoms with Gasteiger partial charge in [-0.05, 0) is 24.3 Å². The molecule has 1 amide bonds. The summed E-state index contributed by atoms with van der Waals surface area (Å²) in [5.41, 5.74) is 0.197. The second-order valence-electron chi connectivity index (χ2n) is 5.61. The lowest BCUT2D eigenvalue weighted by molar-refractivity contribution is -0.384. The van der Waals surface area contributed by atoms with Gasteiger partial charge in [0.05, 0.1) is 10.6 Å². The number of nitro groups is 1. The highest BCUT2D eigenvalue weighted by atomic mass is 32.1. The maximum absolute atomic E-state index is 12.6. The van der Waals surface area contributed by atoms with Gasteiger partial charge in [-0.1, -0.05) is 17.4 Å². The molecule has 30 heavy (non-hydrogen) atoms. The number of anilines is 1. The zero-order valence-electron chi connectivity index (χ0n) is 14.6. The van der Waals surface area contributed by atoms with Gasteiger partial charge in [-0.25, -0.2) is 0 Å². The van der Waals surface area contributed by atoms with Crippen molar-refractivity contribution in [3.05, 3.63) is 69.0 Å². The van der Waals surface area contributed by atoms with Crippen molar-refractivity contribution in [3.8, 4) is 11.8 Å². The Morgan fingerprint density at radius 3 is 2.70 bits per heavy atom. The van der Waals surface area contributed by atoms with E-state index in [-0.39, 0.29) is 17.0 Å². The number of carbonyl (C=O) groups is 1. The predicted molar refractivity (Wildman–Crippen MR) is 99.6 cm³/mol. The molecule has 2 aromatic heterocycles. The first-order valence-electron chi connectivity index (χ1n) is 7.95. The van der Waals surface area contributed by atoms with E-state index in [0.717, 1.165) is 0 Å². The van der Waals surface area contributed by atoms with E-state index in [1.807, 2.05) is 0 Å². The Labute approximate surface area is 169 Å². The molecule has 3 rings (SSSR count). The van der Waals surface area contributed by atoms with Crippen LogP contribution < -0.4 is 5.32 Å². The van der Waals surface area contributed by atoms with E-state index in [4.69, 9.17) is 0 Å². The third kappa shape index (κ3) is 4.50. The summed E-state index contributed by atoms with van der Waals surface area (Å²) in [5.74, 6) is -0.978. The molecule has 0 saturated heterocycles. The van der Waals surface area contributed by atoms with Crippen molar-refractivity contribution in [2.45, 2.75) is 6.18 Å². The predicted octanol–water partition coefficient (Wildman–Crippen LogP) is 3.80. The maximum Gasteiger partial charge on any atom is 0.445 e. The molecule has 0 aliphatic heterocycles. The zero-order chi connectivity index (χ0) is 21.9. The average molecular weight is 434 g/mol. The number of rotatable bonds is 5. The topological polar surface area (TPSA) is 127 Å². The molecule has 13 heteroatoms. The Kier molecular flexibility index (Phi) is 5.61. The number of alkyl halides is 3. The molecular formula is C17H9F3N6O3S. The molecule has 9 nitrogen and oxygen atoms in total. The first kappa shape index (κ1) is 20.7. The van der Waals surface area contributed by atoms with Crippen LogP contribution in [0, 0.1) is 21.4 Å². The molecule has 0 spiro atoms. The van der Waals surface area contributed by atoms with Gasteiger partial charge in [0.2, 0.25) is 10.1 Å². The normalized spacial score (nSPS) is 11.7. The van der Waals surface area contributed by atoms with Crippen LogP contribution in [0.5, 0.6) is 0 Å². The lowest BCUT2D eigenvalue weighted by Crippen LogP contribution is -2.13. The van der Waals surface area contributed by atoms with E-state index in [1.54, 1.807) is 30.5 Å². The molecule has 0 fully saturated rings. The van der Waals surface area contributed by atoms with Crippen LogP contribution in [0.15, 0.2) is 48.2 Å². The van der Waals surface area contributed by atoms with Gasteiger partial charge in [0.1, 0.15) is 11.6 Å². The Bertz CT molecular complexity index is 1190. The van der Waals surface area contributed by atoms with Crippen LogP contribution >= 0.6 is 11.3 Å². The molecule has 152 valence electrons. The third-order valence-corrected chi connectivity index (χ3v) is 4.53. The van der Waals surface area contributed by atoms with Crippen molar-refractivity contribution in [2.75, 3.05) is 5.32 Å². The van der Waals surface area contributed by atoms with Gasteiger partial charge in [-0.3, -0.25) is 20.2 Å². The molecule has 0 unspecified atom stereocenters. The minimum absolute atomic E-state index is 0.123. The monoisotopic (exact) mass is 434 g/mol. The van der Waals surface area contributed by atoms with Crippen LogP contribution in [0.2, 0.25) is 0 Å². The van der Waals surface area contributed by atoms with Crippen molar-refractivity contribution < 1.29 is 22.9 Å². The number of aromatic nitrogens is 3. The van der Waals surface area contributed by atoms with E-state index in [0.29, 0.717) is 11.4 Å². The van der Waals surface area contributed by atoms with Crippen molar-refractivity contribution in [1.29, 1.82) is 5.26 Å². The molecule has 0 saturated carbocycles. The van der Waals surface area contributed by atoms with Crippen molar-refractivity contribution >= 4 is 34.1 Å². The standard InChI is InChI=1S/C17H9F3N6O3S/c18-17(19,20)15-23-24-16(30-15)22-14(27)10(9-21)7-11-5-2-6-25(11)12-3-1-4-13(8-12)26(28)29/h1-8H,(H,22,24,27)/b10-7-. The average Bonchev–Trinajstić information content (AvgIpc) is 3.35. The lowest BCUT2D eigenvalue weighted by Gasteiger charge is -2.07. The van der Waals surface area contributed by atoms with Crippen LogP contribution in [0.25, 0.3) is 11.8 Å². The van der Waals surface area contributed by atoms with E-state index < -0.39 is 32.7 Å². The second kappa shape index (κ2) is 8.13. The molecule has 1 N–H and O–H groups in total. The van der Waals surface area contributed by atoms with Crippen molar-refractivity contribution in [3.63, 3.8) is 0 Å². The van der Waals surface area contributed by atoms with Crippen molar-refractivity contribution in [2.24, 2.45) is 0 Å². The summed E-state index contributed by atoms with van der Waals surface area (Å²) in [6, 6.07) is 10.5. The summed E-state index contributed by atoms with van der Waals surface area (Å²) in [6.07, 6.45) is -1.94. The quantitative estimate of drug-likeness (QED) is 0.282.